The van der Waals surface area contributed by atoms with Gasteiger partial charge in [0.2, 0.25) is 5.88 Å². The summed E-state index contributed by atoms with van der Waals surface area (Å²) in [5.74, 6) is -0.817. The van der Waals surface area contributed by atoms with Gasteiger partial charge in [0.1, 0.15) is 5.56 Å². The van der Waals surface area contributed by atoms with E-state index in [9.17, 15) is 18.0 Å². The van der Waals surface area contributed by atoms with Gasteiger partial charge in [0.15, 0.2) is 6.61 Å². The second kappa shape index (κ2) is 8.71. The number of hydrogen-bond acceptors (Lipinski definition) is 5. The van der Waals surface area contributed by atoms with Crippen molar-refractivity contribution in [3.8, 4) is 5.88 Å². The predicted molar refractivity (Wildman–Crippen MR) is 96.0 cm³/mol. The minimum atomic E-state index is -4.49. The zero-order chi connectivity index (χ0) is 19.3. The summed E-state index contributed by atoms with van der Waals surface area (Å²) in [6.07, 6.45) is -0.964. The molecule has 2 aromatic rings. The molecule has 1 amide bonds. The van der Waals surface area contributed by atoms with Crippen molar-refractivity contribution in [1.29, 1.82) is 0 Å². The maximum absolute atomic E-state index is 12.6. The minimum Gasteiger partial charge on any atom is -0.467 e. The van der Waals surface area contributed by atoms with E-state index in [1.54, 1.807) is 11.3 Å². The Balaban J connectivity index is 1.67. The topological polar surface area (TPSA) is 54.5 Å². The van der Waals surface area contributed by atoms with Gasteiger partial charge in [0.25, 0.3) is 5.91 Å². The largest absolute Gasteiger partial charge is 0.467 e. The Hall–Kier alpha value is -2.13. The lowest BCUT2D eigenvalue weighted by atomic mass is 10.2. The molecule has 0 saturated carbocycles. The number of alkyl halides is 3. The van der Waals surface area contributed by atoms with Gasteiger partial charge in [0.05, 0.1) is 6.04 Å². The van der Waals surface area contributed by atoms with Gasteiger partial charge in [-0.3, -0.25) is 9.69 Å². The summed E-state index contributed by atoms with van der Waals surface area (Å²) in [7, 11) is 0. The lowest BCUT2D eigenvalue weighted by molar-refractivity contribution is -0.154. The van der Waals surface area contributed by atoms with E-state index < -0.39 is 18.7 Å². The summed E-state index contributed by atoms with van der Waals surface area (Å²) in [5, 5.41) is 4.82. The smallest absolute Gasteiger partial charge is 0.422 e. The first kappa shape index (κ1) is 19.6. The van der Waals surface area contributed by atoms with Crippen LogP contribution in [-0.4, -0.2) is 48.2 Å². The number of hydrogen-bond donors (Lipinski definition) is 1. The highest BCUT2D eigenvalue weighted by atomic mass is 32.1. The van der Waals surface area contributed by atoms with Crippen molar-refractivity contribution in [2.24, 2.45) is 0 Å². The molecule has 27 heavy (non-hydrogen) atoms. The molecule has 0 radical (unpaired) electrons. The molecule has 1 aliphatic rings. The number of aromatic nitrogens is 1. The van der Waals surface area contributed by atoms with Gasteiger partial charge in [0, 0.05) is 17.6 Å². The van der Waals surface area contributed by atoms with Crippen LogP contribution in [0.5, 0.6) is 5.88 Å². The number of carbonyl (C=O) groups excluding carboxylic acids is 1. The van der Waals surface area contributed by atoms with Gasteiger partial charge in [-0.2, -0.15) is 13.2 Å². The summed E-state index contributed by atoms with van der Waals surface area (Å²) in [6, 6.07) is 6.95. The first-order chi connectivity index (χ1) is 12.9. The maximum atomic E-state index is 12.6. The fourth-order valence-corrected chi connectivity index (χ4v) is 3.92. The number of carbonyl (C=O) groups is 1. The van der Waals surface area contributed by atoms with Gasteiger partial charge in [-0.25, -0.2) is 4.98 Å². The van der Waals surface area contributed by atoms with E-state index in [1.807, 2.05) is 17.5 Å². The molecular weight excluding hydrogens is 379 g/mol. The van der Waals surface area contributed by atoms with Gasteiger partial charge in [-0.05, 0) is 49.5 Å². The Kier molecular flexibility index (Phi) is 6.33. The van der Waals surface area contributed by atoms with Crippen LogP contribution in [0.15, 0.2) is 35.8 Å². The van der Waals surface area contributed by atoms with Crippen LogP contribution in [0.3, 0.4) is 0 Å². The minimum absolute atomic E-state index is 0.00639. The molecule has 9 heteroatoms. The fourth-order valence-electron chi connectivity index (χ4n) is 3.06. The molecule has 0 bridgehead atoms. The van der Waals surface area contributed by atoms with Gasteiger partial charge in [-0.1, -0.05) is 6.07 Å². The molecule has 1 saturated heterocycles. The van der Waals surface area contributed by atoms with Crippen LogP contribution in [0.1, 0.15) is 34.1 Å². The zero-order valence-corrected chi connectivity index (χ0v) is 15.4. The molecule has 0 aliphatic carbocycles. The van der Waals surface area contributed by atoms with Gasteiger partial charge in [-0.15, -0.1) is 11.3 Å². The van der Waals surface area contributed by atoms with Crippen molar-refractivity contribution in [3.05, 3.63) is 46.3 Å². The molecule has 3 heterocycles. The Bertz CT molecular complexity index is 747. The summed E-state index contributed by atoms with van der Waals surface area (Å²) in [5.41, 5.74) is -0.00639. The standard InChI is InChI=1S/C18H20F3N3O2S/c19-18(20,21)12-26-17-13(5-3-7-22-17)16(25)23-11-14(15-6-4-10-27-15)24-8-1-2-9-24/h3-7,10,14H,1-2,8-9,11-12H2,(H,23,25)/t14-/m0/s1. The van der Waals surface area contributed by atoms with E-state index in [0.717, 1.165) is 30.8 Å². The van der Waals surface area contributed by atoms with Crippen LogP contribution in [0, 0.1) is 0 Å². The van der Waals surface area contributed by atoms with E-state index in [4.69, 9.17) is 4.74 Å². The van der Waals surface area contributed by atoms with Gasteiger partial charge < -0.3 is 10.1 Å². The molecule has 1 atom stereocenters. The average Bonchev–Trinajstić information content (AvgIpc) is 3.34. The summed E-state index contributed by atoms with van der Waals surface area (Å²) < 4.78 is 41.9. The number of rotatable bonds is 7. The summed E-state index contributed by atoms with van der Waals surface area (Å²) >= 11 is 1.62. The highest BCUT2D eigenvalue weighted by molar-refractivity contribution is 7.10. The molecular formula is C18H20F3N3O2S. The van der Waals surface area contributed by atoms with E-state index in [2.05, 4.69) is 15.2 Å². The van der Waals surface area contributed by atoms with Crippen LogP contribution in [-0.2, 0) is 0 Å². The molecule has 2 aromatic heterocycles. The normalized spacial score (nSPS) is 16.3. The van der Waals surface area contributed by atoms with Crippen molar-refractivity contribution in [2.45, 2.75) is 25.1 Å². The number of nitrogens with one attached hydrogen (secondary N) is 1. The third kappa shape index (κ3) is 5.43. The second-order valence-electron chi connectivity index (χ2n) is 6.24. The van der Waals surface area contributed by atoms with Crippen molar-refractivity contribution in [2.75, 3.05) is 26.2 Å². The molecule has 1 N–H and O–H groups in total. The van der Waals surface area contributed by atoms with Crippen LogP contribution < -0.4 is 10.1 Å². The number of pyridine rings is 1. The molecule has 3 rings (SSSR count). The Morgan fingerprint density at radius 1 is 1.30 bits per heavy atom. The molecule has 0 aromatic carbocycles. The summed E-state index contributed by atoms with van der Waals surface area (Å²) in [6.45, 7) is 0.805. The molecule has 0 spiro atoms. The van der Waals surface area contributed by atoms with Crippen molar-refractivity contribution in [1.82, 2.24) is 15.2 Å². The van der Waals surface area contributed by atoms with Crippen molar-refractivity contribution >= 4 is 17.2 Å². The molecule has 0 unspecified atom stereocenters. The van der Waals surface area contributed by atoms with E-state index >= 15 is 0 Å². The average molecular weight is 399 g/mol. The fraction of sp³-hybridized carbons (Fsp3) is 0.444. The third-order valence-corrected chi connectivity index (χ3v) is 5.27. The number of nitrogens with zero attached hydrogens (tertiary/aromatic N) is 2. The number of thiophene rings is 1. The van der Waals surface area contributed by atoms with Gasteiger partial charge >= 0.3 is 6.18 Å². The van der Waals surface area contributed by atoms with Crippen LogP contribution in [0.4, 0.5) is 13.2 Å². The van der Waals surface area contributed by atoms with Crippen LogP contribution in [0.25, 0.3) is 0 Å². The number of ether oxygens (including phenoxy) is 1. The van der Waals surface area contributed by atoms with E-state index in [-0.39, 0.29) is 17.5 Å². The number of halogens is 3. The lowest BCUT2D eigenvalue weighted by Gasteiger charge is -2.27. The first-order valence-corrected chi connectivity index (χ1v) is 9.52. The second-order valence-corrected chi connectivity index (χ2v) is 7.22. The molecule has 5 nitrogen and oxygen atoms in total. The van der Waals surface area contributed by atoms with Crippen molar-refractivity contribution in [3.63, 3.8) is 0 Å². The van der Waals surface area contributed by atoms with Crippen molar-refractivity contribution < 1.29 is 22.7 Å². The monoisotopic (exact) mass is 399 g/mol. The lowest BCUT2D eigenvalue weighted by Crippen LogP contribution is -2.36. The van der Waals surface area contributed by atoms with E-state index in [0.29, 0.717) is 6.54 Å². The highest BCUT2D eigenvalue weighted by Crippen LogP contribution is 2.28. The van der Waals surface area contributed by atoms with Crippen LogP contribution in [0.2, 0.25) is 0 Å². The first-order valence-electron chi connectivity index (χ1n) is 8.64. The van der Waals surface area contributed by atoms with Crippen LogP contribution >= 0.6 is 11.3 Å². The number of amides is 1. The highest BCUT2D eigenvalue weighted by Gasteiger charge is 2.30. The molecule has 146 valence electrons. The predicted octanol–water partition coefficient (Wildman–Crippen LogP) is 3.65. The van der Waals surface area contributed by atoms with E-state index in [1.165, 1.54) is 18.3 Å². The zero-order valence-electron chi connectivity index (χ0n) is 14.5. The SMILES string of the molecule is O=C(NC[C@@H](c1cccs1)N1CCCC1)c1cccnc1OCC(F)(F)F. The Morgan fingerprint density at radius 2 is 2.07 bits per heavy atom. The molecule has 1 aliphatic heterocycles. The Labute approximate surface area is 159 Å². The third-order valence-electron chi connectivity index (χ3n) is 4.30. The maximum Gasteiger partial charge on any atom is 0.422 e. The number of likely N-dealkylation sites (tertiary alicyclic amines) is 1. The summed E-state index contributed by atoms with van der Waals surface area (Å²) in [4.78, 5) is 19.8. The molecule has 1 fully saturated rings. The Morgan fingerprint density at radius 3 is 2.74 bits per heavy atom. The quantitative estimate of drug-likeness (QED) is 0.772.